The van der Waals surface area contributed by atoms with E-state index in [4.69, 9.17) is 4.74 Å². The van der Waals surface area contributed by atoms with E-state index in [1.807, 2.05) is 18.0 Å². The van der Waals surface area contributed by atoms with E-state index in [0.717, 1.165) is 22.6 Å². The van der Waals surface area contributed by atoms with E-state index in [1.165, 1.54) is 5.56 Å². The molecule has 2 nitrogen and oxygen atoms in total. The number of hydrogen-bond acceptors (Lipinski definition) is 3. The van der Waals surface area contributed by atoms with Crippen molar-refractivity contribution < 1.29 is 4.74 Å². The van der Waals surface area contributed by atoms with Crippen LogP contribution >= 0.6 is 27.7 Å². The second-order valence-corrected chi connectivity index (χ2v) is 4.58. The Morgan fingerprint density at radius 3 is 3.08 bits per heavy atom. The fourth-order valence-electron chi connectivity index (χ4n) is 0.867. The largest absolute Gasteiger partial charge is 0.384 e. The molecule has 0 N–H and O–H groups in total. The summed E-state index contributed by atoms with van der Waals surface area (Å²) in [7, 11) is 1.72. The molecule has 13 heavy (non-hydrogen) atoms. The van der Waals surface area contributed by atoms with Crippen molar-refractivity contribution in [3.63, 3.8) is 0 Å². The van der Waals surface area contributed by atoms with Gasteiger partial charge in [0.25, 0.3) is 0 Å². The average Bonchev–Trinajstić information content (AvgIpc) is 2.13. The third-order valence-electron chi connectivity index (χ3n) is 1.46. The van der Waals surface area contributed by atoms with Crippen LogP contribution in [-0.2, 0) is 10.5 Å². The van der Waals surface area contributed by atoms with Gasteiger partial charge in [0.05, 0.1) is 6.61 Å². The van der Waals surface area contributed by atoms with Crippen LogP contribution in [0, 0.1) is 0 Å². The highest BCUT2D eigenvalue weighted by Crippen LogP contribution is 2.15. The van der Waals surface area contributed by atoms with Crippen molar-refractivity contribution in [2.75, 3.05) is 19.5 Å². The van der Waals surface area contributed by atoms with Crippen LogP contribution in [0.2, 0.25) is 0 Å². The lowest BCUT2D eigenvalue weighted by atomic mass is 10.3. The predicted molar refractivity (Wildman–Crippen MR) is 60.0 cm³/mol. The third-order valence-corrected chi connectivity index (χ3v) is 2.89. The Morgan fingerprint density at radius 1 is 1.54 bits per heavy atom. The molecule has 0 spiro atoms. The van der Waals surface area contributed by atoms with Crippen LogP contribution in [0.3, 0.4) is 0 Å². The van der Waals surface area contributed by atoms with E-state index in [-0.39, 0.29) is 0 Å². The maximum absolute atomic E-state index is 4.96. The van der Waals surface area contributed by atoms with Crippen LogP contribution in [-0.4, -0.2) is 24.5 Å². The minimum absolute atomic E-state index is 0.812. The number of hydrogen-bond donors (Lipinski definition) is 0. The molecular weight excluding hydrogens is 250 g/mol. The van der Waals surface area contributed by atoms with Gasteiger partial charge in [-0.25, -0.2) is 0 Å². The highest BCUT2D eigenvalue weighted by atomic mass is 79.9. The van der Waals surface area contributed by atoms with Gasteiger partial charge in [0.15, 0.2) is 0 Å². The third kappa shape index (κ3) is 4.64. The molecule has 1 aromatic rings. The van der Waals surface area contributed by atoms with Gasteiger partial charge in [0.2, 0.25) is 0 Å². The summed E-state index contributed by atoms with van der Waals surface area (Å²) in [4.78, 5) is 4.09. The highest BCUT2D eigenvalue weighted by Gasteiger charge is 1.94. The Balaban J connectivity index is 2.28. The number of pyridine rings is 1. The van der Waals surface area contributed by atoms with Crippen molar-refractivity contribution in [2.24, 2.45) is 0 Å². The fraction of sp³-hybridized carbons (Fsp3) is 0.444. The van der Waals surface area contributed by atoms with Gasteiger partial charge >= 0.3 is 0 Å². The first-order valence-corrected chi connectivity index (χ1v) is 5.94. The smallest absolute Gasteiger partial charge is 0.0553 e. The van der Waals surface area contributed by atoms with Crippen molar-refractivity contribution in [1.82, 2.24) is 4.98 Å². The molecule has 0 radical (unpaired) electrons. The van der Waals surface area contributed by atoms with Crippen LogP contribution in [0.1, 0.15) is 5.56 Å². The topological polar surface area (TPSA) is 22.1 Å². The lowest BCUT2D eigenvalue weighted by Crippen LogP contribution is -1.92. The summed E-state index contributed by atoms with van der Waals surface area (Å²) in [6.45, 7) is 0.812. The molecule has 0 aliphatic heterocycles. The second kappa shape index (κ2) is 6.40. The van der Waals surface area contributed by atoms with Gasteiger partial charge < -0.3 is 4.74 Å². The lowest BCUT2D eigenvalue weighted by Gasteiger charge is -2.01. The van der Waals surface area contributed by atoms with Gasteiger partial charge in [0.1, 0.15) is 0 Å². The Labute approximate surface area is 91.2 Å². The van der Waals surface area contributed by atoms with Crippen molar-refractivity contribution >= 4 is 27.7 Å². The van der Waals surface area contributed by atoms with Gasteiger partial charge in [-0.2, -0.15) is 11.8 Å². The van der Waals surface area contributed by atoms with Crippen molar-refractivity contribution in [1.29, 1.82) is 0 Å². The zero-order valence-corrected chi connectivity index (χ0v) is 9.90. The normalized spacial score (nSPS) is 10.3. The Hall–Kier alpha value is -0.0600. The summed E-state index contributed by atoms with van der Waals surface area (Å²) in [5.74, 6) is 2.03. The maximum Gasteiger partial charge on any atom is 0.0553 e. The lowest BCUT2D eigenvalue weighted by molar-refractivity contribution is 0.218. The van der Waals surface area contributed by atoms with Crippen LogP contribution in [0.25, 0.3) is 0 Å². The first-order valence-electron chi connectivity index (χ1n) is 3.99. The standard InChI is InChI=1S/C9H12BrNOS/c1-12-2-3-13-7-8-4-9(10)6-11-5-8/h4-6H,2-3,7H2,1H3. The number of aromatic nitrogens is 1. The molecule has 0 amide bonds. The molecule has 0 saturated carbocycles. The summed E-state index contributed by atoms with van der Waals surface area (Å²) in [5.41, 5.74) is 1.25. The fourth-order valence-corrected chi connectivity index (χ4v) is 2.10. The van der Waals surface area contributed by atoms with Crippen molar-refractivity contribution in [3.8, 4) is 0 Å². The van der Waals surface area contributed by atoms with Gasteiger partial charge in [-0.1, -0.05) is 0 Å². The van der Waals surface area contributed by atoms with Crippen LogP contribution in [0.4, 0.5) is 0 Å². The molecule has 1 aromatic heterocycles. The molecule has 0 aromatic carbocycles. The molecule has 0 aliphatic carbocycles. The molecule has 0 bridgehead atoms. The zero-order chi connectivity index (χ0) is 9.52. The SMILES string of the molecule is COCCSCc1cncc(Br)c1. The monoisotopic (exact) mass is 261 g/mol. The Kier molecular flexibility index (Phi) is 5.43. The molecule has 0 saturated heterocycles. The zero-order valence-electron chi connectivity index (χ0n) is 7.50. The van der Waals surface area contributed by atoms with E-state index >= 15 is 0 Å². The van der Waals surface area contributed by atoms with Crippen LogP contribution < -0.4 is 0 Å². The number of ether oxygens (including phenoxy) is 1. The molecule has 1 rings (SSSR count). The minimum Gasteiger partial charge on any atom is -0.384 e. The van der Waals surface area contributed by atoms with Crippen LogP contribution in [0.5, 0.6) is 0 Å². The number of methoxy groups -OCH3 is 1. The summed E-state index contributed by atoms with van der Waals surface area (Å²) in [5, 5.41) is 0. The number of nitrogens with zero attached hydrogens (tertiary/aromatic N) is 1. The Morgan fingerprint density at radius 2 is 2.38 bits per heavy atom. The number of thioether (sulfide) groups is 1. The van der Waals surface area contributed by atoms with E-state index in [0.29, 0.717) is 0 Å². The number of rotatable bonds is 5. The molecule has 0 aliphatic rings. The Bertz CT molecular complexity index is 257. The maximum atomic E-state index is 4.96. The molecule has 1 heterocycles. The molecule has 0 fully saturated rings. The number of halogens is 1. The van der Waals surface area contributed by atoms with E-state index in [2.05, 4.69) is 27.0 Å². The molecule has 0 atom stereocenters. The molecular formula is C9H12BrNOS. The average molecular weight is 262 g/mol. The summed E-state index contributed by atoms with van der Waals surface area (Å²) in [6.07, 6.45) is 3.69. The van der Waals surface area contributed by atoms with Gasteiger partial charge in [-0.15, -0.1) is 0 Å². The van der Waals surface area contributed by atoms with E-state index in [9.17, 15) is 0 Å². The summed E-state index contributed by atoms with van der Waals surface area (Å²) < 4.78 is 6.00. The first kappa shape index (κ1) is 11.0. The first-order chi connectivity index (χ1) is 6.33. The minimum atomic E-state index is 0.812. The van der Waals surface area contributed by atoms with Gasteiger partial charge in [-0.3, -0.25) is 4.98 Å². The summed E-state index contributed by atoms with van der Waals surface area (Å²) >= 11 is 5.24. The van der Waals surface area contributed by atoms with E-state index < -0.39 is 0 Å². The predicted octanol–water partition coefficient (Wildman–Crippen LogP) is 2.72. The van der Waals surface area contributed by atoms with Crippen molar-refractivity contribution in [2.45, 2.75) is 5.75 Å². The summed E-state index contributed by atoms with van der Waals surface area (Å²) in [6, 6.07) is 2.09. The molecule has 72 valence electrons. The highest BCUT2D eigenvalue weighted by molar-refractivity contribution is 9.10. The second-order valence-electron chi connectivity index (χ2n) is 2.56. The van der Waals surface area contributed by atoms with Gasteiger partial charge in [-0.05, 0) is 27.6 Å². The van der Waals surface area contributed by atoms with Crippen LogP contribution in [0.15, 0.2) is 22.9 Å². The van der Waals surface area contributed by atoms with E-state index in [1.54, 1.807) is 13.3 Å². The van der Waals surface area contributed by atoms with Gasteiger partial charge in [0, 0.05) is 35.5 Å². The molecule has 4 heteroatoms. The van der Waals surface area contributed by atoms with Crippen molar-refractivity contribution in [3.05, 3.63) is 28.5 Å². The molecule has 0 unspecified atom stereocenters. The quantitative estimate of drug-likeness (QED) is 0.762.